The van der Waals surface area contributed by atoms with Crippen LogP contribution in [-0.4, -0.2) is 33.3 Å². The minimum absolute atomic E-state index is 0.0460. The van der Waals surface area contributed by atoms with Crippen LogP contribution in [0, 0.1) is 0 Å². The number of amides is 2. The van der Waals surface area contributed by atoms with E-state index in [0.717, 1.165) is 31.2 Å². The molecule has 30 heavy (non-hydrogen) atoms. The van der Waals surface area contributed by atoms with Gasteiger partial charge in [0.05, 0.1) is 17.5 Å². The van der Waals surface area contributed by atoms with Crippen LogP contribution in [0.25, 0.3) is 0 Å². The molecule has 4 rings (SSSR count). The summed E-state index contributed by atoms with van der Waals surface area (Å²) in [7, 11) is -3.82. The highest BCUT2D eigenvalue weighted by molar-refractivity contribution is 7.89. The molecule has 1 heterocycles. The van der Waals surface area contributed by atoms with Gasteiger partial charge in [-0.05, 0) is 61.1 Å². The maximum Gasteiger partial charge on any atom is 0.241 e. The van der Waals surface area contributed by atoms with E-state index in [-0.39, 0.29) is 29.3 Å². The number of sulfonamides is 1. The van der Waals surface area contributed by atoms with Crippen LogP contribution in [0.4, 0.5) is 5.69 Å². The molecule has 1 unspecified atom stereocenters. The van der Waals surface area contributed by atoms with E-state index in [1.165, 1.54) is 17.7 Å². The number of fused-ring (bicyclic) bond motifs is 1. The molecular weight excluding hydrogens is 402 g/mol. The van der Waals surface area contributed by atoms with Gasteiger partial charge >= 0.3 is 0 Å². The lowest BCUT2D eigenvalue weighted by Gasteiger charge is -2.26. The SMILES string of the molecule is O=C(CNS(=O)(=O)c1ccc(N2CCCC2=O)cc1)NC1CCCc2ccccc21. The van der Waals surface area contributed by atoms with Crippen LogP contribution in [0.1, 0.15) is 42.9 Å². The molecule has 158 valence electrons. The van der Waals surface area contributed by atoms with Gasteiger partial charge in [0, 0.05) is 18.7 Å². The van der Waals surface area contributed by atoms with E-state index < -0.39 is 10.0 Å². The summed E-state index contributed by atoms with van der Waals surface area (Å²) < 4.78 is 27.5. The summed E-state index contributed by atoms with van der Waals surface area (Å²) in [5, 5.41) is 2.94. The van der Waals surface area contributed by atoms with Crippen molar-refractivity contribution in [1.29, 1.82) is 0 Å². The molecular formula is C22H25N3O4S. The Kier molecular flexibility index (Phi) is 5.87. The first-order valence-electron chi connectivity index (χ1n) is 10.2. The predicted octanol–water partition coefficient (Wildman–Crippen LogP) is 2.29. The minimum Gasteiger partial charge on any atom is -0.348 e. The van der Waals surface area contributed by atoms with E-state index in [9.17, 15) is 18.0 Å². The number of anilines is 1. The zero-order chi connectivity index (χ0) is 21.1. The van der Waals surface area contributed by atoms with Gasteiger partial charge in [-0.3, -0.25) is 9.59 Å². The molecule has 7 nitrogen and oxygen atoms in total. The molecule has 2 aromatic rings. The molecule has 2 amide bonds. The molecule has 1 aliphatic carbocycles. The second-order valence-electron chi connectivity index (χ2n) is 7.68. The van der Waals surface area contributed by atoms with Gasteiger partial charge in [-0.25, -0.2) is 13.1 Å². The molecule has 2 N–H and O–H groups in total. The van der Waals surface area contributed by atoms with Crippen molar-refractivity contribution in [2.45, 2.75) is 43.0 Å². The molecule has 2 aromatic carbocycles. The Morgan fingerprint density at radius 1 is 1.03 bits per heavy atom. The van der Waals surface area contributed by atoms with Crippen LogP contribution in [0.3, 0.4) is 0 Å². The molecule has 1 fully saturated rings. The monoisotopic (exact) mass is 427 g/mol. The highest BCUT2D eigenvalue weighted by atomic mass is 32.2. The molecule has 2 aliphatic rings. The van der Waals surface area contributed by atoms with Gasteiger partial charge in [0.25, 0.3) is 0 Å². The largest absolute Gasteiger partial charge is 0.348 e. The van der Waals surface area contributed by atoms with Gasteiger partial charge in [0.15, 0.2) is 0 Å². The Balaban J connectivity index is 1.36. The average Bonchev–Trinajstić information content (AvgIpc) is 3.19. The number of hydrogen-bond acceptors (Lipinski definition) is 4. The fourth-order valence-electron chi connectivity index (χ4n) is 4.12. The third-order valence-electron chi connectivity index (χ3n) is 5.66. The zero-order valence-corrected chi connectivity index (χ0v) is 17.5. The van der Waals surface area contributed by atoms with Crippen molar-refractivity contribution in [3.63, 3.8) is 0 Å². The molecule has 0 spiro atoms. The molecule has 1 aliphatic heterocycles. The summed E-state index contributed by atoms with van der Waals surface area (Å²) in [6.07, 6.45) is 4.14. The van der Waals surface area contributed by atoms with Crippen LogP contribution >= 0.6 is 0 Å². The molecule has 8 heteroatoms. The zero-order valence-electron chi connectivity index (χ0n) is 16.6. The van der Waals surface area contributed by atoms with Crippen LogP contribution in [-0.2, 0) is 26.0 Å². The molecule has 0 aromatic heterocycles. The third-order valence-corrected chi connectivity index (χ3v) is 7.08. The third kappa shape index (κ3) is 4.39. The van der Waals surface area contributed by atoms with Crippen LogP contribution in [0.5, 0.6) is 0 Å². The van der Waals surface area contributed by atoms with Crippen molar-refractivity contribution in [2.24, 2.45) is 0 Å². The Morgan fingerprint density at radius 3 is 2.53 bits per heavy atom. The standard InChI is InChI=1S/C22H25N3O4S/c26-21(24-20-8-3-6-16-5-1-2-7-19(16)20)15-23-30(28,29)18-12-10-17(11-13-18)25-14-4-9-22(25)27/h1-2,5,7,10-13,20,23H,3-4,6,8-9,14-15H2,(H,24,26). The Bertz CT molecular complexity index is 1050. The van der Waals surface area contributed by atoms with Gasteiger partial charge < -0.3 is 10.2 Å². The van der Waals surface area contributed by atoms with Crippen molar-refractivity contribution in [1.82, 2.24) is 10.0 Å². The fourth-order valence-corrected chi connectivity index (χ4v) is 5.10. The lowest BCUT2D eigenvalue weighted by atomic mass is 9.88. The Hall–Kier alpha value is -2.71. The highest BCUT2D eigenvalue weighted by Gasteiger charge is 2.24. The number of nitrogens with zero attached hydrogens (tertiary/aromatic N) is 1. The summed E-state index contributed by atoms with van der Waals surface area (Å²) in [6, 6.07) is 14.1. The maximum absolute atomic E-state index is 12.6. The fraction of sp³-hybridized carbons (Fsp3) is 0.364. The predicted molar refractivity (Wildman–Crippen MR) is 113 cm³/mol. The Labute approximate surface area is 176 Å². The van der Waals surface area contributed by atoms with Crippen molar-refractivity contribution < 1.29 is 18.0 Å². The van der Waals surface area contributed by atoms with Crippen LogP contribution in [0.15, 0.2) is 53.4 Å². The first kappa shape index (κ1) is 20.6. The van der Waals surface area contributed by atoms with Crippen molar-refractivity contribution >= 4 is 27.5 Å². The second kappa shape index (κ2) is 8.57. The van der Waals surface area contributed by atoms with E-state index in [0.29, 0.717) is 18.7 Å². The van der Waals surface area contributed by atoms with Gasteiger partial charge in [0.2, 0.25) is 21.8 Å². The molecule has 0 bridgehead atoms. The average molecular weight is 428 g/mol. The van der Waals surface area contributed by atoms with Crippen molar-refractivity contribution in [3.05, 3.63) is 59.7 Å². The number of nitrogens with one attached hydrogen (secondary N) is 2. The maximum atomic E-state index is 12.6. The topological polar surface area (TPSA) is 95.6 Å². The number of carbonyl (C=O) groups is 2. The van der Waals surface area contributed by atoms with Crippen molar-refractivity contribution in [2.75, 3.05) is 18.0 Å². The Morgan fingerprint density at radius 2 is 1.80 bits per heavy atom. The molecule has 0 saturated carbocycles. The van der Waals surface area contributed by atoms with Gasteiger partial charge in [0.1, 0.15) is 0 Å². The van der Waals surface area contributed by atoms with E-state index in [4.69, 9.17) is 0 Å². The van der Waals surface area contributed by atoms with E-state index >= 15 is 0 Å². The number of aryl methyl sites for hydroxylation is 1. The second-order valence-corrected chi connectivity index (χ2v) is 9.45. The first-order chi connectivity index (χ1) is 14.4. The lowest BCUT2D eigenvalue weighted by molar-refractivity contribution is -0.121. The quantitative estimate of drug-likeness (QED) is 0.739. The van der Waals surface area contributed by atoms with E-state index in [1.54, 1.807) is 17.0 Å². The number of hydrogen-bond donors (Lipinski definition) is 2. The smallest absolute Gasteiger partial charge is 0.241 e. The summed E-state index contributed by atoms with van der Waals surface area (Å²) in [6.45, 7) is 0.320. The summed E-state index contributed by atoms with van der Waals surface area (Å²) in [4.78, 5) is 25.9. The summed E-state index contributed by atoms with van der Waals surface area (Å²) >= 11 is 0. The molecule has 1 saturated heterocycles. The van der Waals surface area contributed by atoms with Gasteiger partial charge in [-0.2, -0.15) is 0 Å². The van der Waals surface area contributed by atoms with Gasteiger partial charge in [-0.15, -0.1) is 0 Å². The summed E-state index contributed by atoms with van der Waals surface area (Å²) in [5.41, 5.74) is 3.02. The van der Waals surface area contributed by atoms with Gasteiger partial charge in [-0.1, -0.05) is 24.3 Å². The molecule has 0 radical (unpaired) electrons. The summed E-state index contributed by atoms with van der Waals surface area (Å²) in [5.74, 6) is -0.316. The lowest BCUT2D eigenvalue weighted by Crippen LogP contribution is -2.39. The number of rotatable bonds is 6. The first-order valence-corrected chi connectivity index (χ1v) is 11.7. The normalized spacial score (nSPS) is 18.9. The minimum atomic E-state index is -3.82. The molecule has 1 atom stereocenters. The highest BCUT2D eigenvalue weighted by Crippen LogP contribution is 2.29. The van der Waals surface area contributed by atoms with Crippen LogP contribution < -0.4 is 14.9 Å². The van der Waals surface area contributed by atoms with E-state index in [1.807, 2.05) is 18.2 Å². The van der Waals surface area contributed by atoms with Crippen LogP contribution in [0.2, 0.25) is 0 Å². The number of carbonyl (C=O) groups excluding carboxylic acids is 2. The van der Waals surface area contributed by atoms with Crippen molar-refractivity contribution in [3.8, 4) is 0 Å². The number of benzene rings is 2. The van der Waals surface area contributed by atoms with E-state index in [2.05, 4.69) is 16.1 Å².